The largest absolute Gasteiger partial charge is 0.504 e. The number of para-hydroxylation sites is 1. The van der Waals surface area contributed by atoms with E-state index in [9.17, 15) is 14.7 Å². The lowest BCUT2D eigenvalue weighted by atomic mass is 10.1. The van der Waals surface area contributed by atoms with E-state index >= 15 is 0 Å². The van der Waals surface area contributed by atoms with Crippen molar-refractivity contribution < 1.29 is 24.5 Å². The van der Waals surface area contributed by atoms with Crippen LogP contribution in [0.3, 0.4) is 0 Å². The number of rotatable bonds is 4. The number of ether oxygens (including phenoxy) is 1. The standard InChI is InChI=1S/C14H12N2O5/c1-21-11-4-2-3-9(12(11)17)13(18)16-8-5-6-15-10(7-8)14(19)20/h2-7,17H,1H3,(H,19,20)(H,15,16,18). The molecule has 7 nitrogen and oxygen atoms in total. The molecule has 108 valence electrons. The number of aromatic nitrogens is 1. The quantitative estimate of drug-likeness (QED) is 0.790. The fourth-order valence-corrected chi connectivity index (χ4v) is 1.69. The number of anilines is 1. The van der Waals surface area contributed by atoms with E-state index in [4.69, 9.17) is 9.84 Å². The Morgan fingerprint density at radius 1 is 1.29 bits per heavy atom. The molecule has 3 N–H and O–H groups in total. The van der Waals surface area contributed by atoms with Crippen LogP contribution in [0.4, 0.5) is 5.69 Å². The van der Waals surface area contributed by atoms with Crippen molar-refractivity contribution in [2.45, 2.75) is 0 Å². The highest BCUT2D eigenvalue weighted by molar-refractivity contribution is 6.06. The smallest absolute Gasteiger partial charge is 0.354 e. The summed E-state index contributed by atoms with van der Waals surface area (Å²) >= 11 is 0. The summed E-state index contributed by atoms with van der Waals surface area (Å²) in [5.41, 5.74) is 0.0836. The lowest BCUT2D eigenvalue weighted by Gasteiger charge is -2.09. The van der Waals surface area contributed by atoms with Crippen LogP contribution in [0.1, 0.15) is 20.8 Å². The molecule has 0 bridgehead atoms. The lowest BCUT2D eigenvalue weighted by Crippen LogP contribution is -2.13. The number of benzene rings is 1. The summed E-state index contributed by atoms with van der Waals surface area (Å²) in [7, 11) is 1.37. The molecule has 0 unspecified atom stereocenters. The van der Waals surface area contributed by atoms with Crippen LogP contribution < -0.4 is 10.1 Å². The monoisotopic (exact) mass is 288 g/mol. The maximum absolute atomic E-state index is 12.1. The van der Waals surface area contributed by atoms with Crippen LogP contribution in [0, 0.1) is 0 Å². The second kappa shape index (κ2) is 5.91. The lowest BCUT2D eigenvalue weighted by molar-refractivity contribution is 0.0690. The van der Waals surface area contributed by atoms with Gasteiger partial charge >= 0.3 is 5.97 Å². The number of pyridine rings is 1. The second-order valence-electron chi connectivity index (χ2n) is 4.05. The van der Waals surface area contributed by atoms with Crippen molar-refractivity contribution in [2.24, 2.45) is 0 Å². The first kappa shape index (κ1) is 14.3. The van der Waals surface area contributed by atoms with Gasteiger partial charge in [0.1, 0.15) is 5.69 Å². The molecule has 2 rings (SSSR count). The van der Waals surface area contributed by atoms with Gasteiger partial charge in [0.25, 0.3) is 5.91 Å². The Balaban J connectivity index is 2.26. The number of hydrogen-bond donors (Lipinski definition) is 3. The van der Waals surface area contributed by atoms with Crippen LogP contribution in [0.15, 0.2) is 36.5 Å². The van der Waals surface area contributed by atoms with E-state index in [0.717, 1.165) is 0 Å². The van der Waals surface area contributed by atoms with Crippen molar-refractivity contribution in [3.05, 3.63) is 47.8 Å². The molecule has 0 aliphatic heterocycles. The van der Waals surface area contributed by atoms with Gasteiger partial charge in [-0.2, -0.15) is 0 Å². The van der Waals surface area contributed by atoms with Crippen LogP contribution >= 0.6 is 0 Å². The number of aromatic hydroxyl groups is 1. The third-order valence-corrected chi connectivity index (χ3v) is 2.70. The number of hydrogen-bond acceptors (Lipinski definition) is 5. The first-order valence-electron chi connectivity index (χ1n) is 5.89. The summed E-state index contributed by atoms with van der Waals surface area (Å²) < 4.78 is 4.92. The van der Waals surface area contributed by atoms with Crippen LogP contribution in [0.25, 0.3) is 0 Å². The zero-order valence-corrected chi connectivity index (χ0v) is 11.0. The number of carboxylic acid groups (broad SMARTS) is 1. The summed E-state index contributed by atoms with van der Waals surface area (Å²) in [5, 5.41) is 21.2. The normalized spacial score (nSPS) is 9.95. The molecule has 0 aliphatic carbocycles. The van der Waals surface area contributed by atoms with Gasteiger partial charge in [-0.05, 0) is 24.3 Å². The molecule has 0 saturated carbocycles. The van der Waals surface area contributed by atoms with Crippen LogP contribution in [0.2, 0.25) is 0 Å². The number of carbonyl (C=O) groups excluding carboxylic acids is 1. The number of phenolic OH excluding ortho intramolecular Hbond substituents is 1. The summed E-state index contributed by atoms with van der Waals surface area (Å²) in [6, 6.07) is 7.16. The number of nitrogens with one attached hydrogen (secondary N) is 1. The van der Waals surface area contributed by atoms with Gasteiger partial charge in [-0.3, -0.25) is 4.79 Å². The Labute approximate surface area is 119 Å². The summed E-state index contributed by atoms with van der Waals surface area (Å²) in [4.78, 5) is 26.5. The predicted octanol–water partition coefficient (Wildman–Crippen LogP) is 1.75. The van der Waals surface area contributed by atoms with Gasteiger partial charge in [-0.15, -0.1) is 0 Å². The number of aromatic carboxylic acids is 1. The topological polar surface area (TPSA) is 109 Å². The van der Waals surface area contributed by atoms with E-state index in [-0.39, 0.29) is 28.4 Å². The van der Waals surface area contributed by atoms with E-state index in [1.54, 1.807) is 6.07 Å². The molecule has 0 spiro atoms. The number of methoxy groups -OCH3 is 1. The molecular weight excluding hydrogens is 276 g/mol. The first-order chi connectivity index (χ1) is 10.0. The maximum Gasteiger partial charge on any atom is 0.354 e. The minimum atomic E-state index is -1.20. The van der Waals surface area contributed by atoms with Crippen LogP contribution in [-0.4, -0.2) is 34.2 Å². The Kier molecular flexibility index (Phi) is 4.03. The highest BCUT2D eigenvalue weighted by Crippen LogP contribution is 2.29. The Morgan fingerprint density at radius 2 is 2.05 bits per heavy atom. The number of phenols is 1. The molecule has 0 aliphatic rings. The van der Waals surface area contributed by atoms with Crippen LogP contribution in [0.5, 0.6) is 11.5 Å². The van der Waals surface area contributed by atoms with Gasteiger partial charge in [-0.1, -0.05) is 6.07 Å². The first-order valence-corrected chi connectivity index (χ1v) is 5.89. The summed E-state index contributed by atoms with van der Waals surface area (Å²) in [5.74, 6) is -1.90. The maximum atomic E-state index is 12.1. The number of carbonyl (C=O) groups is 2. The molecule has 0 fully saturated rings. The van der Waals surface area contributed by atoms with E-state index < -0.39 is 11.9 Å². The average molecular weight is 288 g/mol. The molecule has 7 heteroatoms. The zero-order valence-electron chi connectivity index (χ0n) is 11.0. The van der Waals surface area contributed by atoms with Gasteiger partial charge in [0.05, 0.1) is 12.7 Å². The molecule has 0 radical (unpaired) electrons. The number of nitrogens with zero attached hydrogens (tertiary/aromatic N) is 1. The van der Waals surface area contributed by atoms with Gasteiger partial charge in [0, 0.05) is 11.9 Å². The predicted molar refractivity (Wildman–Crippen MR) is 73.8 cm³/mol. The van der Waals surface area contributed by atoms with Gasteiger partial charge in [-0.25, -0.2) is 9.78 Å². The number of amides is 1. The van der Waals surface area contributed by atoms with E-state index in [0.29, 0.717) is 0 Å². The van der Waals surface area contributed by atoms with Crippen molar-refractivity contribution in [3.8, 4) is 11.5 Å². The highest BCUT2D eigenvalue weighted by atomic mass is 16.5. The molecular formula is C14H12N2O5. The Hall–Kier alpha value is -3.09. The van der Waals surface area contributed by atoms with Crippen molar-refractivity contribution in [1.82, 2.24) is 4.98 Å². The fraction of sp³-hybridized carbons (Fsp3) is 0.0714. The molecule has 2 aromatic rings. The molecule has 1 aromatic carbocycles. The average Bonchev–Trinajstić information content (AvgIpc) is 2.47. The molecule has 0 atom stereocenters. The van der Waals surface area contributed by atoms with E-state index in [1.165, 1.54) is 37.6 Å². The summed E-state index contributed by atoms with van der Waals surface area (Å²) in [6.45, 7) is 0. The van der Waals surface area contributed by atoms with Gasteiger partial charge < -0.3 is 20.3 Å². The van der Waals surface area contributed by atoms with Gasteiger partial charge in [0.2, 0.25) is 0 Å². The van der Waals surface area contributed by atoms with Crippen molar-refractivity contribution in [3.63, 3.8) is 0 Å². The molecule has 1 aromatic heterocycles. The second-order valence-corrected chi connectivity index (χ2v) is 4.05. The number of carboxylic acids is 1. The molecule has 21 heavy (non-hydrogen) atoms. The van der Waals surface area contributed by atoms with Crippen molar-refractivity contribution in [1.29, 1.82) is 0 Å². The zero-order chi connectivity index (χ0) is 15.4. The fourth-order valence-electron chi connectivity index (χ4n) is 1.69. The summed E-state index contributed by atoms with van der Waals surface area (Å²) in [6.07, 6.45) is 1.27. The Bertz CT molecular complexity index is 700. The molecule has 0 saturated heterocycles. The molecule has 1 heterocycles. The minimum absolute atomic E-state index is 0.0167. The van der Waals surface area contributed by atoms with Crippen molar-refractivity contribution >= 4 is 17.6 Å². The van der Waals surface area contributed by atoms with E-state index in [1.807, 2.05) is 0 Å². The van der Waals surface area contributed by atoms with Gasteiger partial charge in [0.15, 0.2) is 11.5 Å². The SMILES string of the molecule is COc1cccc(C(=O)Nc2ccnc(C(=O)O)c2)c1O. The molecule has 1 amide bonds. The highest BCUT2D eigenvalue weighted by Gasteiger charge is 2.15. The van der Waals surface area contributed by atoms with Crippen LogP contribution in [-0.2, 0) is 0 Å². The van der Waals surface area contributed by atoms with Crippen molar-refractivity contribution in [2.75, 3.05) is 12.4 Å². The third-order valence-electron chi connectivity index (χ3n) is 2.70. The third kappa shape index (κ3) is 3.08. The Morgan fingerprint density at radius 3 is 2.71 bits per heavy atom. The van der Waals surface area contributed by atoms with E-state index in [2.05, 4.69) is 10.3 Å². The minimum Gasteiger partial charge on any atom is -0.504 e.